The van der Waals surface area contributed by atoms with Gasteiger partial charge >= 0.3 is 0 Å². The van der Waals surface area contributed by atoms with Gasteiger partial charge in [0.05, 0.1) is 0 Å². The SMILES string of the molecule is CC[C@@H](C)C(=O)N[C@H](C(=O)N1CCC[C@H]1C(=O)Nc1sc(NC(=O)C(C)(C)C)nc1-c1ccccc1)C1CCCCC1. The smallest absolute Gasteiger partial charge is 0.247 e. The van der Waals surface area contributed by atoms with E-state index in [0.29, 0.717) is 41.6 Å². The van der Waals surface area contributed by atoms with E-state index in [1.54, 1.807) is 4.90 Å². The van der Waals surface area contributed by atoms with Crippen LogP contribution in [-0.2, 0) is 19.2 Å². The average molecular weight is 596 g/mol. The lowest BCUT2D eigenvalue weighted by Crippen LogP contribution is -2.56. The van der Waals surface area contributed by atoms with Crippen molar-refractivity contribution in [2.24, 2.45) is 17.3 Å². The van der Waals surface area contributed by atoms with Crippen molar-refractivity contribution in [1.82, 2.24) is 15.2 Å². The largest absolute Gasteiger partial charge is 0.344 e. The molecule has 1 saturated heterocycles. The fourth-order valence-electron chi connectivity index (χ4n) is 5.54. The number of nitrogens with zero attached hydrogens (tertiary/aromatic N) is 2. The molecule has 0 bridgehead atoms. The molecule has 1 aromatic heterocycles. The lowest BCUT2D eigenvalue weighted by atomic mass is 9.83. The highest BCUT2D eigenvalue weighted by Crippen LogP contribution is 2.37. The standard InChI is InChI=1S/C32H45N5O4S/c1-6-20(2)26(38)33-25(22-16-11-8-12-17-22)29(40)37-19-13-18-23(37)27(39)35-28-24(21-14-9-7-10-15-21)34-31(42-28)36-30(41)32(3,4)5/h7,9-10,14-15,20,22-23,25H,6,8,11-13,16-19H2,1-5H3,(H,33,38)(H,35,39)(H,34,36,41)/t20-,23+,25+/m1/s1. The summed E-state index contributed by atoms with van der Waals surface area (Å²) >= 11 is 1.20. The Morgan fingerprint density at radius 1 is 1.00 bits per heavy atom. The van der Waals surface area contributed by atoms with Gasteiger partial charge in [-0.25, -0.2) is 4.98 Å². The van der Waals surface area contributed by atoms with E-state index >= 15 is 0 Å². The Hall–Kier alpha value is -3.27. The Bertz CT molecular complexity index is 1270. The first-order valence-electron chi connectivity index (χ1n) is 15.3. The van der Waals surface area contributed by atoms with Crippen LogP contribution >= 0.6 is 11.3 Å². The first-order valence-corrected chi connectivity index (χ1v) is 16.1. The Labute approximate surface area is 253 Å². The Balaban J connectivity index is 1.56. The van der Waals surface area contributed by atoms with E-state index in [4.69, 9.17) is 0 Å². The summed E-state index contributed by atoms with van der Waals surface area (Å²) in [5.74, 6) is -0.841. The topological polar surface area (TPSA) is 121 Å². The van der Waals surface area contributed by atoms with Gasteiger partial charge in [0.2, 0.25) is 23.6 Å². The van der Waals surface area contributed by atoms with E-state index in [0.717, 1.165) is 37.7 Å². The van der Waals surface area contributed by atoms with Gasteiger partial charge in [-0.2, -0.15) is 0 Å². The second kappa shape index (κ2) is 13.8. The van der Waals surface area contributed by atoms with Crippen molar-refractivity contribution < 1.29 is 19.2 Å². The quantitative estimate of drug-likeness (QED) is 0.337. The zero-order valence-corrected chi connectivity index (χ0v) is 26.3. The number of rotatable bonds is 9. The molecule has 1 aliphatic carbocycles. The Kier molecular flexibility index (Phi) is 10.4. The molecule has 2 aromatic rings. The molecule has 4 rings (SSSR count). The number of likely N-dealkylation sites (tertiary alicyclic amines) is 1. The predicted octanol–water partition coefficient (Wildman–Crippen LogP) is 5.84. The van der Waals surface area contributed by atoms with Gasteiger partial charge in [-0.05, 0) is 38.0 Å². The number of hydrogen-bond donors (Lipinski definition) is 3. The summed E-state index contributed by atoms with van der Waals surface area (Å²) in [5, 5.41) is 9.91. The van der Waals surface area contributed by atoms with Gasteiger partial charge in [0, 0.05) is 23.4 Å². The number of thiazole rings is 1. The third kappa shape index (κ3) is 7.56. The van der Waals surface area contributed by atoms with Gasteiger partial charge in [0.15, 0.2) is 5.13 Å². The van der Waals surface area contributed by atoms with Crippen LogP contribution < -0.4 is 16.0 Å². The molecule has 0 unspecified atom stereocenters. The number of aromatic nitrogens is 1. The van der Waals surface area contributed by atoms with Gasteiger partial charge in [0.1, 0.15) is 22.8 Å². The summed E-state index contributed by atoms with van der Waals surface area (Å²) in [6.07, 6.45) is 6.96. The van der Waals surface area contributed by atoms with Crippen LogP contribution in [0.25, 0.3) is 11.3 Å². The van der Waals surface area contributed by atoms with E-state index < -0.39 is 17.5 Å². The summed E-state index contributed by atoms with van der Waals surface area (Å²) in [5.41, 5.74) is 0.769. The van der Waals surface area contributed by atoms with E-state index in [9.17, 15) is 19.2 Å². The number of hydrogen-bond acceptors (Lipinski definition) is 6. The van der Waals surface area contributed by atoms with Crippen molar-refractivity contribution in [1.29, 1.82) is 0 Å². The van der Waals surface area contributed by atoms with E-state index in [-0.39, 0.29) is 35.5 Å². The number of amides is 4. The zero-order valence-electron chi connectivity index (χ0n) is 25.5. The molecule has 1 saturated carbocycles. The van der Waals surface area contributed by atoms with Crippen LogP contribution in [0.4, 0.5) is 10.1 Å². The first-order chi connectivity index (χ1) is 20.0. The lowest BCUT2D eigenvalue weighted by molar-refractivity contribution is -0.142. The van der Waals surface area contributed by atoms with Gasteiger partial charge < -0.3 is 20.9 Å². The average Bonchev–Trinajstić information content (AvgIpc) is 3.63. The molecule has 1 aromatic carbocycles. The van der Waals surface area contributed by atoms with Crippen molar-refractivity contribution in [2.75, 3.05) is 17.2 Å². The molecular formula is C32H45N5O4S. The maximum absolute atomic E-state index is 14.0. The number of anilines is 2. The Morgan fingerprint density at radius 2 is 1.69 bits per heavy atom. The molecule has 9 nitrogen and oxygen atoms in total. The summed E-state index contributed by atoms with van der Waals surface area (Å²) in [4.78, 5) is 59.7. The molecule has 10 heteroatoms. The molecule has 3 atom stereocenters. The molecule has 4 amide bonds. The molecule has 42 heavy (non-hydrogen) atoms. The molecule has 0 spiro atoms. The minimum absolute atomic E-state index is 0.0729. The van der Waals surface area contributed by atoms with Gasteiger partial charge in [-0.3, -0.25) is 19.2 Å². The molecule has 2 heterocycles. The molecule has 3 N–H and O–H groups in total. The zero-order chi connectivity index (χ0) is 30.4. The monoisotopic (exact) mass is 595 g/mol. The van der Waals surface area contributed by atoms with Crippen molar-refractivity contribution in [3.8, 4) is 11.3 Å². The van der Waals surface area contributed by atoms with Gasteiger partial charge in [0.25, 0.3) is 0 Å². The summed E-state index contributed by atoms with van der Waals surface area (Å²) in [7, 11) is 0. The van der Waals surface area contributed by atoms with Crippen molar-refractivity contribution in [3.05, 3.63) is 30.3 Å². The maximum Gasteiger partial charge on any atom is 0.247 e. The number of carbonyl (C=O) groups excluding carboxylic acids is 4. The van der Waals surface area contributed by atoms with Crippen molar-refractivity contribution >= 4 is 45.1 Å². The van der Waals surface area contributed by atoms with Gasteiger partial charge in [-0.15, -0.1) is 0 Å². The highest BCUT2D eigenvalue weighted by molar-refractivity contribution is 7.20. The minimum Gasteiger partial charge on any atom is -0.344 e. The highest BCUT2D eigenvalue weighted by Gasteiger charge is 2.41. The fourth-order valence-corrected chi connectivity index (χ4v) is 6.43. The van der Waals surface area contributed by atoms with Crippen LogP contribution in [0.15, 0.2) is 30.3 Å². The molecule has 228 valence electrons. The minimum atomic E-state index is -0.651. The second-order valence-electron chi connectivity index (χ2n) is 12.6. The molecule has 2 fully saturated rings. The molecular weight excluding hydrogens is 550 g/mol. The first kappa shape index (κ1) is 31.7. The number of benzene rings is 1. The van der Waals surface area contributed by atoms with Crippen LogP contribution in [0, 0.1) is 17.3 Å². The van der Waals surface area contributed by atoms with Crippen LogP contribution in [0.5, 0.6) is 0 Å². The van der Waals surface area contributed by atoms with Crippen molar-refractivity contribution in [2.45, 2.75) is 98.1 Å². The summed E-state index contributed by atoms with van der Waals surface area (Å²) < 4.78 is 0. The van der Waals surface area contributed by atoms with Crippen LogP contribution in [0.1, 0.15) is 86.0 Å². The molecule has 0 radical (unpaired) electrons. The van der Waals surface area contributed by atoms with E-state index in [1.165, 1.54) is 11.3 Å². The van der Waals surface area contributed by atoms with Crippen LogP contribution in [0.2, 0.25) is 0 Å². The summed E-state index contributed by atoms with van der Waals surface area (Å²) in [6, 6.07) is 8.22. The molecule has 1 aliphatic heterocycles. The number of carbonyl (C=O) groups is 4. The highest BCUT2D eigenvalue weighted by atomic mass is 32.1. The third-order valence-corrected chi connectivity index (χ3v) is 9.28. The lowest BCUT2D eigenvalue weighted by Gasteiger charge is -2.35. The van der Waals surface area contributed by atoms with Crippen molar-refractivity contribution in [3.63, 3.8) is 0 Å². The maximum atomic E-state index is 14.0. The summed E-state index contributed by atoms with van der Waals surface area (Å²) in [6.45, 7) is 9.80. The third-order valence-electron chi connectivity index (χ3n) is 8.40. The second-order valence-corrected chi connectivity index (χ2v) is 13.6. The van der Waals surface area contributed by atoms with Crippen LogP contribution in [-0.4, -0.2) is 52.1 Å². The normalized spacial score (nSPS) is 19.2. The van der Waals surface area contributed by atoms with Gasteiger partial charge in [-0.1, -0.05) is 95.5 Å². The Morgan fingerprint density at radius 3 is 2.33 bits per heavy atom. The fraction of sp³-hybridized carbons (Fsp3) is 0.594. The predicted molar refractivity (Wildman–Crippen MR) is 167 cm³/mol. The van der Waals surface area contributed by atoms with E-state index in [1.807, 2.05) is 65.0 Å². The molecule has 2 aliphatic rings. The van der Waals surface area contributed by atoms with E-state index in [2.05, 4.69) is 20.9 Å². The number of nitrogens with one attached hydrogen (secondary N) is 3. The van der Waals surface area contributed by atoms with Crippen LogP contribution in [0.3, 0.4) is 0 Å².